The highest BCUT2D eigenvalue weighted by molar-refractivity contribution is 6.04. The van der Waals surface area contributed by atoms with Crippen LogP contribution in [0.5, 0.6) is 23.0 Å². The predicted molar refractivity (Wildman–Crippen MR) is 198 cm³/mol. The van der Waals surface area contributed by atoms with Crippen molar-refractivity contribution in [3.8, 4) is 62.4 Å². The van der Waals surface area contributed by atoms with Crippen LogP contribution in [-0.2, 0) is 0 Å². The van der Waals surface area contributed by atoms with Gasteiger partial charge in [-0.25, -0.2) is 26.8 Å². The van der Waals surface area contributed by atoms with E-state index >= 15 is 17.6 Å². The number of hydrogen-bond acceptors (Lipinski definition) is 5. The van der Waals surface area contributed by atoms with Crippen LogP contribution in [0.25, 0.3) is 38.2 Å². The van der Waals surface area contributed by atoms with Crippen LogP contribution in [0.1, 0.15) is 33.3 Å². The number of hydrogen-bond donors (Lipinski definition) is 0. The molecule has 272 valence electrons. The summed E-state index contributed by atoms with van der Waals surface area (Å²) in [5.41, 5.74) is -1.99. The van der Waals surface area contributed by atoms with Crippen molar-refractivity contribution < 1.29 is 36.2 Å². The molecular formula is C44H28F5N3O3. The van der Waals surface area contributed by atoms with Crippen LogP contribution in [-0.4, -0.2) is 11.2 Å². The van der Waals surface area contributed by atoms with Gasteiger partial charge in [-0.05, 0) is 74.2 Å². The SMILES string of the molecule is [C-]#[N+]c1c(-c2c(F)c(F)c(F)c(F)c2F)c2c(c(C#N)c1N1c3ccc(-c4ccccc4)cc3Oc3cc(-c4ccccc4)ccc31)OC(C)(C)C(C)(C)O2. The zero-order chi connectivity index (χ0) is 39.0. The number of rotatable bonds is 4. The van der Waals surface area contributed by atoms with Gasteiger partial charge in [-0.15, -0.1) is 0 Å². The van der Waals surface area contributed by atoms with Gasteiger partial charge in [0, 0.05) is 5.56 Å². The summed E-state index contributed by atoms with van der Waals surface area (Å²) < 4.78 is 95.6. The van der Waals surface area contributed by atoms with E-state index in [4.69, 9.17) is 20.8 Å². The van der Waals surface area contributed by atoms with Crippen LogP contribution in [0.15, 0.2) is 97.1 Å². The minimum Gasteiger partial charge on any atom is -0.480 e. The Bertz CT molecular complexity index is 2550. The molecular weight excluding hydrogens is 713 g/mol. The number of ether oxygens (including phenoxy) is 3. The Morgan fingerprint density at radius 2 is 1.05 bits per heavy atom. The smallest absolute Gasteiger partial charge is 0.223 e. The molecule has 0 saturated carbocycles. The first-order valence-corrected chi connectivity index (χ1v) is 17.1. The van der Waals surface area contributed by atoms with Gasteiger partial charge in [0.15, 0.2) is 46.3 Å². The molecule has 0 atom stereocenters. The minimum absolute atomic E-state index is 0.250. The molecule has 0 amide bonds. The van der Waals surface area contributed by atoms with Crippen LogP contribution >= 0.6 is 0 Å². The van der Waals surface area contributed by atoms with Crippen molar-refractivity contribution in [1.29, 1.82) is 5.26 Å². The minimum atomic E-state index is -2.37. The van der Waals surface area contributed by atoms with Crippen LogP contribution in [0.2, 0.25) is 0 Å². The molecule has 0 bridgehead atoms. The third-order valence-electron chi connectivity index (χ3n) is 10.3. The normalized spacial score (nSPS) is 14.6. The Labute approximate surface area is 313 Å². The molecule has 11 heteroatoms. The molecule has 0 aromatic heterocycles. The van der Waals surface area contributed by atoms with E-state index in [2.05, 4.69) is 10.9 Å². The number of halogens is 5. The Hall–Kier alpha value is -6.85. The number of nitrogens with zero attached hydrogens (tertiary/aromatic N) is 3. The van der Waals surface area contributed by atoms with Gasteiger partial charge in [-0.1, -0.05) is 72.8 Å². The van der Waals surface area contributed by atoms with E-state index in [-0.39, 0.29) is 28.5 Å². The molecule has 0 N–H and O–H groups in total. The van der Waals surface area contributed by atoms with E-state index in [1.165, 1.54) is 4.90 Å². The lowest BCUT2D eigenvalue weighted by Gasteiger charge is -2.47. The maximum atomic E-state index is 15.9. The van der Waals surface area contributed by atoms with E-state index in [1.807, 2.05) is 60.7 Å². The van der Waals surface area contributed by atoms with Crippen LogP contribution in [0.4, 0.5) is 44.7 Å². The molecule has 0 fully saturated rings. The molecule has 0 saturated heterocycles. The number of nitriles is 1. The fraction of sp³-hybridized carbons (Fsp3) is 0.136. The number of anilines is 3. The second kappa shape index (κ2) is 12.6. The standard InChI is InChI=1S/C44H28F5N3O3/c1-43(2)44(3,4)55-42-33(32-34(45)36(47)38(49)37(48)35(32)46)39(51-5)40(27(22-50)41(42)54-43)52-28-18-16-25(23-12-8-6-9-13-23)20-30(28)53-31-21-26(17-19-29(31)52)24-14-10-7-11-15-24/h6-21H,1-4H3. The highest BCUT2D eigenvalue weighted by atomic mass is 19.2. The molecule has 55 heavy (non-hydrogen) atoms. The topological polar surface area (TPSA) is 59.1 Å². The molecule has 8 rings (SSSR count). The van der Waals surface area contributed by atoms with Crippen molar-refractivity contribution in [2.75, 3.05) is 4.90 Å². The van der Waals surface area contributed by atoms with Gasteiger partial charge in [0.2, 0.25) is 11.5 Å². The predicted octanol–water partition coefficient (Wildman–Crippen LogP) is 12.7. The molecule has 6 aromatic carbocycles. The van der Waals surface area contributed by atoms with E-state index < -0.39 is 62.9 Å². The summed E-state index contributed by atoms with van der Waals surface area (Å²) in [6, 6.07) is 31.6. The van der Waals surface area contributed by atoms with E-state index in [0.29, 0.717) is 11.4 Å². The van der Waals surface area contributed by atoms with Crippen molar-refractivity contribution in [3.05, 3.63) is 143 Å². The fourth-order valence-electron chi connectivity index (χ4n) is 6.79. The van der Waals surface area contributed by atoms with E-state index in [0.717, 1.165) is 22.3 Å². The van der Waals surface area contributed by atoms with Gasteiger partial charge in [0.1, 0.15) is 22.8 Å². The zero-order valence-electron chi connectivity index (χ0n) is 29.7. The molecule has 0 unspecified atom stereocenters. The largest absolute Gasteiger partial charge is 0.480 e. The van der Waals surface area contributed by atoms with E-state index in [9.17, 15) is 9.65 Å². The summed E-state index contributed by atoms with van der Waals surface area (Å²) in [5, 5.41) is 10.9. The fourth-order valence-corrected chi connectivity index (χ4v) is 6.79. The highest BCUT2D eigenvalue weighted by Crippen LogP contribution is 2.63. The second-order valence-corrected chi connectivity index (χ2v) is 14.0. The van der Waals surface area contributed by atoms with Crippen LogP contribution in [0, 0.1) is 47.0 Å². The maximum Gasteiger partial charge on any atom is 0.223 e. The van der Waals surface area contributed by atoms with Gasteiger partial charge in [0.25, 0.3) is 0 Å². The average molecular weight is 742 g/mol. The molecule has 0 spiro atoms. The molecule has 2 aliphatic heterocycles. The lowest BCUT2D eigenvalue weighted by atomic mass is 9.86. The number of fused-ring (bicyclic) bond motifs is 3. The first kappa shape index (κ1) is 35.2. The van der Waals surface area contributed by atoms with Crippen molar-refractivity contribution >= 4 is 22.7 Å². The maximum absolute atomic E-state index is 15.9. The Morgan fingerprint density at radius 3 is 1.51 bits per heavy atom. The third-order valence-corrected chi connectivity index (χ3v) is 10.3. The van der Waals surface area contributed by atoms with Gasteiger partial charge in [0.05, 0.1) is 29.2 Å². The van der Waals surface area contributed by atoms with Gasteiger partial charge >= 0.3 is 0 Å². The lowest BCUT2D eigenvalue weighted by molar-refractivity contribution is -0.0987. The Kier molecular flexibility index (Phi) is 8.09. The first-order valence-electron chi connectivity index (χ1n) is 17.1. The summed E-state index contributed by atoms with van der Waals surface area (Å²) in [4.78, 5) is 5.18. The zero-order valence-corrected chi connectivity index (χ0v) is 29.7. The summed E-state index contributed by atoms with van der Waals surface area (Å²) in [6.45, 7) is 15.0. The Balaban J connectivity index is 1.51. The average Bonchev–Trinajstić information content (AvgIpc) is 3.19. The Morgan fingerprint density at radius 1 is 0.600 bits per heavy atom. The molecule has 6 nitrogen and oxygen atoms in total. The molecule has 0 radical (unpaired) electrons. The summed E-state index contributed by atoms with van der Waals surface area (Å²) in [7, 11) is 0. The molecule has 0 aliphatic carbocycles. The quantitative estimate of drug-likeness (QED) is 0.0778. The highest BCUT2D eigenvalue weighted by Gasteiger charge is 2.50. The lowest BCUT2D eigenvalue weighted by Crippen LogP contribution is -2.56. The van der Waals surface area contributed by atoms with Gasteiger partial charge in [-0.3, -0.25) is 0 Å². The first-order chi connectivity index (χ1) is 26.3. The van der Waals surface area contributed by atoms with Crippen LogP contribution < -0.4 is 19.1 Å². The second-order valence-electron chi connectivity index (χ2n) is 14.0. The summed E-state index contributed by atoms with van der Waals surface area (Å²) in [6.07, 6.45) is 0. The van der Waals surface area contributed by atoms with Gasteiger partial charge in [-0.2, -0.15) is 5.26 Å². The summed E-state index contributed by atoms with van der Waals surface area (Å²) >= 11 is 0. The molecule has 6 aromatic rings. The van der Waals surface area contributed by atoms with Crippen LogP contribution in [0.3, 0.4) is 0 Å². The van der Waals surface area contributed by atoms with Crippen molar-refractivity contribution in [3.63, 3.8) is 0 Å². The van der Waals surface area contributed by atoms with Gasteiger partial charge < -0.3 is 19.1 Å². The van der Waals surface area contributed by atoms with Crippen molar-refractivity contribution in [2.24, 2.45) is 0 Å². The van der Waals surface area contributed by atoms with Crippen molar-refractivity contribution in [1.82, 2.24) is 0 Å². The summed E-state index contributed by atoms with van der Waals surface area (Å²) in [5.74, 6) is -11.5. The monoisotopic (exact) mass is 741 g/mol. The molecule has 2 heterocycles. The third kappa shape index (κ3) is 5.34. The molecule has 2 aliphatic rings. The van der Waals surface area contributed by atoms with E-state index in [1.54, 1.807) is 64.1 Å². The number of benzene rings is 6. The van der Waals surface area contributed by atoms with Crippen molar-refractivity contribution in [2.45, 2.75) is 38.9 Å².